The summed E-state index contributed by atoms with van der Waals surface area (Å²) in [6, 6.07) is 0. The third-order valence-electron chi connectivity index (χ3n) is 6.35. The molecule has 0 bridgehead atoms. The molecule has 2 rings (SSSR count). The molecule has 4 atom stereocenters. The molecule has 0 amide bonds. The van der Waals surface area contributed by atoms with Crippen LogP contribution in [0, 0.1) is 30.1 Å². The summed E-state index contributed by atoms with van der Waals surface area (Å²) in [5.74, 6) is 0.787. The predicted octanol–water partition coefficient (Wildman–Crippen LogP) is 6.32. The van der Waals surface area contributed by atoms with Crippen molar-refractivity contribution in [3.63, 3.8) is 0 Å². The number of allylic oxidation sites excluding steroid dienone is 2. The molecular formula is C28H45NO5. The van der Waals surface area contributed by atoms with Gasteiger partial charge in [0.05, 0.1) is 24.5 Å². The minimum absolute atomic E-state index is 0.0242. The number of nitrogens with zero attached hydrogens (tertiary/aromatic N) is 1. The van der Waals surface area contributed by atoms with E-state index < -0.39 is 17.5 Å². The van der Waals surface area contributed by atoms with E-state index in [4.69, 9.17) is 9.15 Å². The number of aliphatic hydroxyl groups is 1. The number of Topliss-reactive ketones (excluding diaryl/α,β-unsaturated/α-hetero) is 1. The molecule has 0 spiro atoms. The predicted molar refractivity (Wildman–Crippen MR) is 136 cm³/mol. The summed E-state index contributed by atoms with van der Waals surface area (Å²) in [5.41, 5.74) is 1.25. The Bertz CT molecular complexity index is 836. The Labute approximate surface area is 205 Å². The first-order valence-electron chi connectivity index (χ1n) is 12.5. The summed E-state index contributed by atoms with van der Waals surface area (Å²) in [6.45, 7) is 15.8. The number of aryl methyl sites for hydroxylation is 1. The highest BCUT2D eigenvalue weighted by Gasteiger charge is 2.39. The lowest BCUT2D eigenvalue weighted by atomic mass is 9.74. The van der Waals surface area contributed by atoms with Crippen LogP contribution in [0.1, 0.15) is 92.2 Å². The van der Waals surface area contributed by atoms with Crippen molar-refractivity contribution in [3.05, 3.63) is 35.6 Å². The Morgan fingerprint density at radius 2 is 1.85 bits per heavy atom. The average Bonchev–Trinajstić information content (AvgIpc) is 3.16. The van der Waals surface area contributed by atoms with Crippen LogP contribution in [-0.2, 0) is 14.3 Å². The van der Waals surface area contributed by atoms with Crippen molar-refractivity contribution in [3.8, 4) is 0 Å². The van der Waals surface area contributed by atoms with Crippen molar-refractivity contribution < 1.29 is 23.8 Å². The normalized spacial score (nSPS) is 29.0. The Balaban J connectivity index is 0.000000533. The lowest BCUT2D eigenvalue weighted by Crippen LogP contribution is -2.42. The molecule has 0 aromatic carbocycles. The molecular weight excluding hydrogens is 430 g/mol. The molecule has 192 valence electrons. The quantitative estimate of drug-likeness (QED) is 0.377. The fraction of sp³-hybridized carbons (Fsp3) is 0.679. The number of rotatable bonds is 1. The Morgan fingerprint density at radius 3 is 2.44 bits per heavy atom. The van der Waals surface area contributed by atoms with Crippen LogP contribution >= 0.6 is 0 Å². The largest absolute Gasteiger partial charge is 0.465 e. The second-order valence-electron chi connectivity index (χ2n) is 10.4. The molecule has 0 aliphatic carbocycles. The van der Waals surface area contributed by atoms with Crippen molar-refractivity contribution in [1.82, 2.24) is 4.98 Å². The number of cyclic esters (lactones) is 1. The SMILES string of the molecule is C/C1=C/[C@H](C)COC(=O)CC(O)C(C)(C)C(=O)C(C)CC(C)CCC1.C/C=C\c1coc(C)n1. The van der Waals surface area contributed by atoms with Crippen LogP contribution in [0.2, 0.25) is 0 Å². The summed E-state index contributed by atoms with van der Waals surface area (Å²) in [4.78, 5) is 28.9. The molecule has 0 saturated heterocycles. The number of ketones is 1. The number of esters is 1. The van der Waals surface area contributed by atoms with Gasteiger partial charge in [-0.2, -0.15) is 0 Å². The van der Waals surface area contributed by atoms with Gasteiger partial charge in [0, 0.05) is 18.8 Å². The molecule has 1 aromatic heterocycles. The zero-order valence-electron chi connectivity index (χ0n) is 22.4. The molecule has 0 radical (unpaired) electrons. The molecule has 0 saturated carbocycles. The number of carbonyl (C=O) groups excluding carboxylic acids is 2. The molecule has 6 heteroatoms. The topological polar surface area (TPSA) is 89.6 Å². The monoisotopic (exact) mass is 475 g/mol. The van der Waals surface area contributed by atoms with Crippen LogP contribution in [0.5, 0.6) is 0 Å². The van der Waals surface area contributed by atoms with E-state index in [0.717, 1.165) is 31.4 Å². The molecule has 2 heterocycles. The van der Waals surface area contributed by atoms with Crippen molar-refractivity contribution in [2.75, 3.05) is 6.61 Å². The van der Waals surface area contributed by atoms with Gasteiger partial charge in [-0.25, -0.2) is 4.98 Å². The van der Waals surface area contributed by atoms with Gasteiger partial charge in [0.1, 0.15) is 17.7 Å². The molecule has 1 aliphatic heterocycles. The first-order chi connectivity index (χ1) is 15.9. The van der Waals surface area contributed by atoms with E-state index in [1.54, 1.807) is 20.1 Å². The van der Waals surface area contributed by atoms with Crippen molar-refractivity contribution >= 4 is 17.8 Å². The summed E-state index contributed by atoms with van der Waals surface area (Å²) in [6.07, 6.45) is 10.5. The molecule has 0 fully saturated rings. The van der Waals surface area contributed by atoms with Gasteiger partial charge < -0.3 is 14.3 Å². The van der Waals surface area contributed by atoms with Crippen LogP contribution in [0.3, 0.4) is 0 Å². The van der Waals surface area contributed by atoms with E-state index in [-0.39, 0.29) is 24.0 Å². The van der Waals surface area contributed by atoms with E-state index in [2.05, 4.69) is 24.9 Å². The summed E-state index contributed by atoms with van der Waals surface area (Å²) in [5, 5.41) is 10.4. The molecule has 3 unspecified atom stereocenters. The molecule has 1 N–H and O–H groups in total. The average molecular weight is 476 g/mol. The fourth-order valence-electron chi connectivity index (χ4n) is 4.30. The molecule has 1 aromatic rings. The first-order valence-corrected chi connectivity index (χ1v) is 12.5. The van der Waals surface area contributed by atoms with Gasteiger partial charge in [0.25, 0.3) is 0 Å². The third-order valence-corrected chi connectivity index (χ3v) is 6.35. The number of hydrogen-bond acceptors (Lipinski definition) is 6. The second-order valence-corrected chi connectivity index (χ2v) is 10.4. The van der Waals surface area contributed by atoms with Crippen LogP contribution in [0.15, 0.2) is 28.4 Å². The van der Waals surface area contributed by atoms with Crippen molar-refractivity contribution in [2.24, 2.45) is 23.2 Å². The van der Waals surface area contributed by atoms with E-state index in [9.17, 15) is 14.7 Å². The number of oxazole rings is 1. The maximum absolute atomic E-state index is 12.8. The summed E-state index contributed by atoms with van der Waals surface area (Å²) in [7, 11) is 0. The molecule has 6 nitrogen and oxygen atoms in total. The van der Waals surface area contributed by atoms with E-state index in [0.29, 0.717) is 18.4 Å². The van der Waals surface area contributed by atoms with Gasteiger partial charge in [-0.1, -0.05) is 58.8 Å². The fourth-order valence-corrected chi connectivity index (χ4v) is 4.30. The van der Waals surface area contributed by atoms with Gasteiger partial charge in [0.2, 0.25) is 0 Å². The highest BCUT2D eigenvalue weighted by Crippen LogP contribution is 2.31. The number of aliphatic hydroxyl groups excluding tert-OH is 1. The van der Waals surface area contributed by atoms with Gasteiger partial charge in [-0.3, -0.25) is 9.59 Å². The molecule has 34 heavy (non-hydrogen) atoms. The van der Waals surface area contributed by atoms with Crippen LogP contribution in [-0.4, -0.2) is 34.6 Å². The first kappa shape index (κ1) is 29.8. The van der Waals surface area contributed by atoms with Gasteiger partial charge in [-0.15, -0.1) is 0 Å². The number of aromatic nitrogens is 1. The standard InChI is InChI=1S/C21H36O4.C7H9NO/c1-14-8-7-9-15(2)11-17(4)20(24)21(5,6)18(22)12-19(23)25-13-16(3)10-14;1-3-4-7-5-9-6(2)8-7/h10,15-18,22H,7-9,11-13H2,1-6H3;3-5H,1-2H3/b14-10-;4-3-/t15?,16-,17?,18?;/m0./s1. The Hall–Kier alpha value is -2.21. The highest BCUT2D eigenvalue weighted by molar-refractivity contribution is 5.87. The lowest BCUT2D eigenvalue weighted by molar-refractivity contribution is -0.151. The van der Waals surface area contributed by atoms with E-state index in [1.165, 1.54) is 5.57 Å². The van der Waals surface area contributed by atoms with Crippen LogP contribution in [0.4, 0.5) is 0 Å². The van der Waals surface area contributed by atoms with Crippen LogP contribution in [0.25, 0.3) is 6.08 Å². The minimum atomic E-state index is -1.02. The Morgan fingerprint density at radius 1 is 1.18 bits per heavy atom. The van der Waals surface area contributed by atoms with Crippen molar-refractivity contribution in [2.45, 2.75) is 93.6 Å². The zero-order chi connectivity index (χ0) is 25.9. The summed E-state index contributed by atoms with van der Waals surface area (Å²) < 4.78 is 10.2. The second kappa shape index (κ2) is 14.2. The van der Waals surface area contributed by atoms with Crippen LogP contribution < -0.4 is 0 Å². The minimum Gasteiger partial charge on any atom is -0.465 e. The Kier molecular flexibility index (Phi) is 12.5. The van der Waals surface area contributed by atoms with E-state index in [1.807, 2.05) is 39.8 Å². The molecule has 1 aliphatic rings. The summed E-state index contributed by atoms with van der Waals surface area (Å²) >= 11 is 0. The number of carbonyl (C=O) groups is 2. The highest BCUT2D eigenvalue weighted by atomic mass is 16.5. The maximum atomic E-state index is 12.8. The number of ether oxygens (including phenoxy) is 1. The zero-order valence-corrected chi connectivity index (χ0v) is 22.4. The third kappa shape index (κ3) is 10.4. The maximum Gasteiger partial charge on any atom is 0.308 e. The van der Waals surface area contributed by atoms with Crippen molar-refractivity contribution in [1.29, 1.82) is 0 Å². The lowest BCUT2D eigenvalue weighted by Gasteiger charge is -2.32. The van der Waals surface area contributed by atoms with Gasteiger partial charge in [-0.05, 0) is 45.1 Å². The van der Waals surface area contributed by atoms with E-state index >= 15 is 0 Å². The smallest absolute Gasteiger partial charge is 0.308 e. The van der Waals surface area contributed by atoms with Gasteiger partial charge in [0.15, 0.2) is 5.89 Å². The number of hydrogen-bond donors (Lipinski definition) is 1. The van der Waals surface area contributed by atoms with Gasteiger partial charge >= 0.3 is 5.97 Å².